The van der Waals surface area contributed by atoms with Crippen LogP contribution in [0.4, 0.5) is 8.78 Å². The first-order valence-electron chi connectivity index (χ1n) is 11.9. The Morgan fingerprint density at radius 1 is 0.868 bits per heavy atom. The highest BCUT2D eigenvalue weighted by Gasteiger charge is 2.58. The summed E-state index contributed by atoms with van der Waals surface area (Å²) in [6, 6.07) is 7.72. The van der Waals surface area contributed by atoms with E-state index in [2.05, 4.69) is 10.6 Å². The minimum atomic E-state index is -0.872. The molecule has 0 spiro atoms. The van der Waals surface area contributed by atoms with Crippen molar-refractivity contribution in [2.75, 3.05) is 20.3 Å². The van der Waals surface area contributed by atoms with Gasteiger partial charge in [0.25, 0.3) is 11.8 Å². The molecule has 3 fully saturated rings. The SMILES string of the molecule is COC(=O)[C@@H]1CC2(NC(=O)COc3ccc(Cl)c(F)c3)CCC1(NC(=O)COc1ccc(Cl)c(F)c1)CC2. The number of nitrogens with one attached hydrogen (secondary N) is 2. The lowest BCUT2D eigenvalue weighted by atomic mass is 9.56. The number of halogens is 4. The van der Waals surface area contributed by atoms with E-state index < -0.39 is 46.4 Å². The first-order chi connectivity index (χ1) is 18.0. The van der Waals surface area contributed by atoms with Crippen LogP contribution >= 0.6 is 23.2 Å². The van der Waals surface area contributed by atoms with Crippen molar-refractivity contribution in [2.45, 2.75) is 43.2 Å². The molecule has 2 aromatic carbocycles. The maximum Gasteiger partial charge on any atom is 0.311 e. The quantitative estimate of drug-likeness (QED) is 0.438. The molecule has 2 bridgehead atoms. The Morgan fingerprint density at radius 3 is 1.84 bits per heavy atom. The van der Waals surface area contributed by atoms with Gasteiger partial charge < -0.3 is 24.8 Å². The van der Waals surface area contributed by atoms with E-state index in [-0.39, 0.29) is 41.2 Å². The van der Waals surface area contributed by atoms with Gasteiger partial charge >= 0.3 is 5.97 Å². The van der Waals surface area contributed by atoms with Crippen molar-refractivity contribution in [3.05, 3.63) is 58.1 Å². The maximum absolute atomic E-state index is 13.6. The largest absolute Gasteiger partial charge is 0.484 e. The van der Waals surface area contributed by atoms with E-state index in [1.807, 2.05) is 0 Å². The Balaban J connectivity index is 1.37. The van der Waals surface area contributed by atoms with Crippen molar-refractivity contribution in [2.24, 2.45) is 5.92 Å². The summed E-state index contributed by atoms with van der Waals surface area (Å²) in [6.07, 6.45) is 2.09. The van der Waals surface area contributed by atoms with Crippen LogP contribution in [0, 0.1) is 17.6 Å². The number of methoxy groups -OCH3 is 1. The number of carbonyl (C=O) groups excluding carboxylic acids is 3. The molecule has 0 radical (unpaired) electrons. The van der Waals surface area contributed by atoms with E-state index >= 15 is 0 Å². The molecule has 3 aliphatic rings. The summed E-state index contributed by atoms with van der Waals surface area (Å²) in [6.45, 7) is -0.739. The van der Waals surface area contributed by atoms with Gasteiger partial charge in [0.1, 0.15) is 23.1 Å². The van der Waals surface area contributed by atoms with E-state index in [1.165, 1.54) is 31.4 Å². The summed E-state index contributed by atoms with van der Waals surface area (Å²) in [5.41, 5.74) is -1.56. The fourth-order valence-electron chi connectivity index (χ4n) is 5.23. The number of fused-ring (bicyclic) bond motifs is 3. The van der Waals surface area contributed by atoms with Gasteiger partial charge in [-0.05, 0) is 56.4 Å². The predicted octanol–water partition coefficient (Wildman–Crippen LogP) is 4.21. The van der Waals surface area contributed by atoms with Gasteiger partial charge in [-0.1, -0.05) is 23.2 Å². The molecule has 0 unspecified atom stereocenters. The third-order valence-electron chi connectivity index (χ3n) is 7.16. The number of esters is 1. The number of ether oxygens (including phenoxy) is 3. The van der Waals surface area contributed by atoms with Gasteiger partial charge in [0.2, 0.25) is 0 Å². The Morgan fingerprint density at radius 2 is 1.37 bits per heavy atom. The molecule has 2 amide bonds. The molecule has 3 aliphatic carbocycles. The third-order valence-corrected chi connectivity index (χ3v) is 7.77. The molecule has 0 heterocycles. The average Bonchev–Trinajstić information content (AvgIpc) is 2.90. The number of amides is 2. The van der Waals surface area contributed by atoms with E-state index in [0.717, 1.165) is 12.1 Å². The van der Waals surface area contributed by atoms with Gasteiger partial charge in [-0.2, -0.15) is 0 Å². The van der Waals surface area contributed by atoms with E-state index in [0.29, 0.717) is 25.7 Å². The maximum atomic E-state index is 13.6. The van der Waals surface area contributed by atoms with E-state index in [1.54, 1.807) is 0 Å². The monoisotopic (exact) mass is 570 g/mol. The highest BCUT2D eigenvalue weighted by molar-refractivity contribution is 6.31. The Bertz CT molecular complexity index is 1240. The van der Waals surface area contributed by atoms with Crippen molar-refractivity contribution in [3.63, 3.8) is 0 Å². The topological polar surface area (TPSA) is 103 Å². The summed E-state index contributed by atoms with van der Waals surface area (Å²) in [5.74, 6) is -3.14. The molecule has 1 atom stereocenters. The lowest BCUT2D eigenvalue weighted by Crippen LogP contribution is -2.70. The molecule has 5 rings (SSSR count). The zero-order chi connectivity index (χ0) is 27.5. The van der Waals surface area contributed by atoms with Gasteiger partial charge in [0, 0.05) is 17.7 Å². The molecule has 2 aromatic rings. The first-order valence-corrected chi connectivity index (χ1v) is 12.7. The van der Waals surface area contributed by atoms with Crippen LogP contribution in [0.15, 0.2) is 36.4 Å². The van der Waals surface area contributed by atoms with Crippen LogP contribution in [0.5, 0.6) is 11.5 Å². The summed E-state index contributed by atoms with van der Waals surface area (Å²) < 4.78 is 43.1. The van der Waals surface area contributed by atoms with Crippen molar-refractivity contribution in [1.29, 1.82) is 0 Å². The number of rotatable bonds is 9. The zero-order valence-electron chi connectivity index (χ0n) is 20.5. The van der Waals surface area contributed by atoms with Crippen LogP contribution < -0.4 is 20.1 Å². The van der Waals surface area contributed by atoms with Crippen LogP contribution in [0.3, 0.4) is 0 Å². The van der Waals surface area contributed by atoms with Gasteiger partial charge in [-0.25, -0.2) is 8.78 Å². The Hall–Kier alpha value is -3.11. The van der Waals surface area contributed by atoms with Crippen molar-refractivity contribution in [3.8, 4) is 11.5 Å². The molecule has 2 N–H and O–H groups in total. The summed E-state index contributed by atoms with van der Waals surface area (Å²) >= 11 is 11.3. The smallest absolute Gasteiger partial charge is 0.311 e. The van der Waals surface area contributed by atoms with Gasteiger partial charge in [0.05, 0.1) is 28.6 Å². The molecule has 38 heavy (non-hydrogen) atoms. The van der Waals surface area contributed by atoms with Crippen molar-refractivity contribution in [1.82, 2.24) is 10.6 Å². The number of hydrogen-bond donors (Lipinski definition) is 2. The molecular weight excluding hydrogens is 545 g/mol. The second-order valence-corrected chi connectivity index (χ2v) is 10.4. The highest BCUT2D eigenvalue weighted by atomic mass is 35.5. The highest BCUT2D eigenvalue weighted by Crippen LogP contribution is 2.50. The van der Waals surface area contributed by atoms with Gasteiger partial charge in [-0.3, -0.25) is 14.4 Å². The minimum absolute atomic E-state index is 0.0556. The molecule has 0 aromatic heterocycles. The lowest BCUT2D eigenvalue weighted by molar-refractivity contribution is -0.158. The van der Waals surface area contributed by atoms with Crippen LogP contribution in [0.2, 0.25) is 10.0 Å². The van der Waals surface area contributed by atoms with Gasteiger partial charge in [-0.15, -0.1) is 0 Å². The van der Waals surface area contributed by atoms with Crippen LogP contribution in [-0.4, -0.2) is 49.2 Å². The minimum Gasteiger partial charge on any atom is -0.484 e. The lowest BCUT2D eigenvalue weighted by Gasteiger charge is -2.56. The third kappa shape index (κ3) is 6.13. The van der Waals surface area contributed by atoms with Crippen LogP contribution in [-0.2, 0) is 19.1 Å². The molecular formula is C26H26Cl2F2N2O6. The summed E-state index contributed by atoms with van der Waals surface area (Å²) in [7, 11) is 1.27. The van der Waals surface area contributed by atoms with Gasteiger partial charge in [0.15, 0.2) is 13.2 Å². The first kappa shape index (κ1) is 27.9. The molecule has 0 saturated heterocycles. The fourth-order valence-corrected chi connectivity index (χ4v) is 5.46. The predicted molar refractivity (Wildman–Crippen MR) is 134 cm³/mol. The van der Waals surface area contributed by atoms with Crippen molar-refractivity contribution >= 4 is 41.0 Å². The molecule has 8 nitrogen and oxygen atoms in total. The molecule has 204 valence electrons. The standard InChI is InChI=1S/C26H26Cl2F2N2O6/c1-36-24(35)17-12-25(31-22(33)13-37-15-2-4-18(27)20(29)10-15)6-8-26(17,9-7-25)32-23(34)14-38-16-3-5-19(28)21(30)11-16/h2-5,10-11,17H,6-9,12-14H2,1H3,(H,31,33)(H,32,34)/t17-,25?,26?/m0/s1. The Kier molecular flexibility index (Phi) is 8.32. The second kappa shape index (κ2) is 11.3. The molecule has 0 aliphatic heterocycles. The second-order valence-electron chi connectivity index (χ2n) is 9.54. The molecule has 3 saturated carbocycles. The van der Waals surface area contributed by atoms with Crippen LogP contribution in [0.25, 0.3) is 0 Å². The average molecular weight is 571 g/mol. The van der Waals surface area contributed by atoms with Crippen molar-refractivity contribution < 1.29 is 37.4 Å². The summed E-state index contributed by atoms with van der Waals surface area (Å²) in [4.78, 5) is 38.2. The number of hydrogen-bond acceptors (Lipinski definition) is 6. The molecule has 12 heteroatoms. The summed E-state index contributed by atoms with van der Waals surface area (Å²) in [5, 5.41) is 5.80. The Labute approximate surface area is 227 Å². The number of carbonyl (C=O) groups is 3. The number of benzene rings is 2. The van der Waals surface area contributed by atoms with E-state index in [4.69, 9.17) is 37.4 Å². The van der Waals surface area contributed by atoms with E-state index in [9.17, 15) is 23.2 Å². The fraction of sp³-hybridized carbons (Fsp3) is 0.423. The van der Waals surface area contributed by atoms with Crippen LogP contribution in [0.1, 0.15) is 32.1 Å². The zero-order valence-corrected chi connectivity index (χ0v) is 22.0. The normalized spacial score (nSPS) is 23.9.